The molecule has 0 unspecified atom stereocenters. The highest BCUT2D eigenvalue weighted by molar-refractivity contribution is 7.89. The van der Waals surface area contributed by atoms with Crippen molar-refractivity contribution < 1.29 is 17.9 Å². The van der Waals surface area contributed by atoms with Crippen molar-refractivity contribution in [2.45, 2.75) is 36.8 Å². The summed E-state index contributed by atoms with van der Waals surface area (Å²) in [6, 6.07) is 12.9. The third kappa shape index (κ3) is 5.11. The van der Waals surface area contributed by atoms with Gasteiger partial charge in [-0.3, -0.25) is 4.79 Å². The molecular weight excluding hydrogens is 400 g/mol. The normalized spacial score (nSPS) is 18.0. The summed E-state index contributed by atoms with van der Waals surface area (Å²) in [5.74, 6) is -0.302. The lowest BCUT2D eigenvalue weighted by molar-refractivity contribution is 0.0940. The van der Waals surface area contributed by atoms with Gasteiger partial charge in [-0.2, -0.15) is 0 Å². The maximum Gasteiger partial charge on any atom is 0.251 e. The molecule has 0 saturated carbocycles. The van der Waals surface area contributed by atoms with Gasteiger partial charge in [-0.15, -0.1) is 0 Å². The van der Waals surface area contributed by atoms with Crippen molar-refractivity contribution >= 4 is 27.5 Å². The Labute approximate surface area is 170 Å². The molecule has 2 N–H and O–H groups in total. The van der Waals surface area contributed by atoms with E-state index in [1.165, 1.54) is 24.3 Å². The zero-order chi connectivity index (χ0) is 20.1. The predicted octanol–water partition coefficient (Wildman–Crippen LogP) is 3.29. The van der Waals surface area contributed by atoms with E-state index in [2.05, 4.69) is 10.0 Å². The molecule has 1 fully saturated rings. The molecule has 6 nitrogen and oxygen atoms in total. The number of amides is 1. The SMILES string of the molecule is C[C@@H](NC(=O)c1ccc(S(=O)(=O)NC[C@@H]2CCCO2)cc1)c1ccccc1Cl. The van der Waals surface area contributed by atoms with E-state index in [1.54, 1.807) is 6.07 Å². The molecule has 1 aliphatic heterocycles. The van der Waals surface area contributed by atoms with Crippen LogP contribution >= 0.6 is 11.6 Å². The second kappa shape index (κ2) is 9.05. The lowest BCUT2D eigenvalue weighted by Gasteiger charge is -2.16. The van der Waals surface area contributed by atoms with Gasteiger partial charge in [0, 0.05) is 23.7 Å². The van der Waals surface area contributed by atoms with Gasteiger partial charge in [0.1, 0.15) is 0 Å². The Bertz CT molecular complexity index is 925. The highest BCUT2D eigenvalue weighted by Gasteiger charge is 2.21. The van der Waals surface area contributed by atoms with E-state index in [4.69, 9.17) is 16.3 Å². The Morgan fingerprint density at radius 1 is 1.21 bits per heavy atom. The summed E-state index contributed by atoms with van der Waals surface area (Å²) in [6.45, 7) is 2.76. The average Bonchev–Trinajstić information content (AvgIpc) is 3.20. The topological polar surface area (TPSA) is 84.5 Å². The van der Waals surface area contributed by atoms with Crippen LogP contribution in [0.2, 0.25) is 5.02 Å². The van der Waals surface area contributed by atoms with Crippen LogP contribution in [0.25, 0.3) is 0 Å². The fourth-order valence-corrected chi connectivity index (χ4v) is 4.43. The number of hydrogen-bond donors (Lipinski definition) is 2. The van der Waals surface area contributed by atoms with Gasteiger partial charge in [0.15, 0.2) is 0 Å². The molecule has 1 amide bonds. The van der Waals surface area contributed by atoms with Gasteiger partial charge >= 0.3 is 0 Å². The molecule has 8 heteroatoms. The summed E-state index contributed by atoms with van der Waals surface area (Å²) in [6.07, 6.45) is 1.72. The van der Waals surface area contributed by atoms with E-state index in [1.807, 2.05) is 25.1 Å². The largest absolute Gasteiger partial charge is 0.377 e. The van der Waals surface area contributed by atoms with Crippen LogP contribution in [-0.4, -0.2) is 33.6 Å². The highest BCUT2D eigenvalue weighted by atomic mass is 35.5. The molecule has 2 aromatic rings. The Morgan fingerprint density at radius 3 is 2.57 bits per heavy atom. The molecule has 0 bridgehead atoms. The maximum atomic E-state index is 12.5. The molecule has 0 aliphatic carbocycles. The van der Waals surface area contributed by atoms with E-state index < -0.39 is 10.0 Å². The van der Waals surface area contributed by atoms with E-state index in [-0.39, 0.29) is 29.5 Å². The molecule has 150 valence electrons. The van der Waals surface area contributed by atoms with Gasteiger partial charge in [-0.25, -0.2) is 13.1 Å². The molecule has 0 radical (unpaired) electrons. The summed E-state index contributed by atoms with van der Waals surface area (Å²) in [5, 5.41) is 3.45. The molecule has 28 heavy (non-hydrogen) atoms. The number of rotatable bonds is 7. The Hall–Kier alpha value is -1.93. The van der Waals surface area contributed by atoms with Gasteiger partial charge < -0.3 is 10.1 Å². The van der Waals surface area contributed by atoms with Crippen molar-refractivity contribution in [2.75, 3.05) is 13.2 Å². The van der Waals surface area contributed by atoms with E-state index >= 15 is 0 Å². The molecule has 2 aromatic carbocycles. The lowest BCUT2D eigenvalue weighted by atomic mass is 10.1. The minimum Gasteiger partial charge on any atom is -0.377 e. The van der Waals surface area contributed by atoms with Crippen molar-refractivity contribution in [3.63, 3.8) is 0 Å². The number of benzene rings is 2. The van der Waals surface area contributed by atoms with Gasteiger partial charge in [0.05, 0.1) is 17.0 Å². The molecule has 1 heterocycles. The maximum absolute atomic E-state index is 12.5. The van der Waals surface area contributed by atoms with Crippen LogP contribution < -0.4 is 10.0 Å². The van der Waals surface area contributed by atoms with Crippen LogP contribution in [0.15, 0.2) is 53.4 Å². The van der Waals surface area contributed by atoms with Gasteiger partial charge in [-0.05, 0) is 55.7 Å². The first-order valence-electron chi connectivity index (χ1n) is 9.13. The van der Waals surface area contributed by atoms with Crippen molar-refractivity contribution in [2.24, 2.45) is 0 Å². The fraction of sp³-hybridized carbons (Fsp3) is 0.350. The minimum absolute atomic E-state index is 0.0777. The van der Waals surface area contributed by atoms with Crippen LogP contribution in [-0.2, 0) is 14.8 Å². The lowest BCUT2D eigenvalue weighted by Crippen LogP contribution is -2.32. The van der Waals surface area contributed by atoms with Crippen molar-refractivity contribution in [1.82, 2.24) is 10.0 Å². The van der Waals surface area contributed by atoms with E-state index in [9.17, 15) is 13.2 Å². The summed E-state index contributed by atoms with van der Waals surface area (Å²) >= 11 is 6.16. The first kappa shape index (κ1) is 20.8. The Kier molecular flexibility index (Phi) is 6.72. The third-order valence-electron chi connectivity index (χ3n) is 4.67. The van der Waals surface area contributed by atoms with Gasteiger partial charge in [0.2, 0.25) is 10.0 Å². The van der Waals surface area contributed by atoms with Crippen LogP contribution in [0.1, 0.15) is 41.7 Å². The number of halogens is 1. The first-order chi connectivity index (χ1) is 13.4. The van der Waals surface area contributed by atoms with Crippen LogP contribution in [0, 0.1) is 0 Å². The van der Waals surface area contributed by atoms with E-state index in [0.29, 0.717) is 17.2 Å². The summed E-state index contributed by atoms with van der Waals surface area (Å²) in [4.78, 5) is 12.6. The fourth-order valence-electron chi connectivity index (χ4n) is 3.06. The molecule has 1 saturated heterocycles. The highest BCUT2D eigenvalue weighted by Crippen LogP contribution is 2.22. The van der Waals surface area contributed by atoms with Crippen LogP contribution in [0.3, 0.4) is 0 Å². The third-order valence-corrected chi connectivity index (χ3v) is 6.45. The van der Waals surface area contributed by atoms with Crippen molar-refractivity contribution in [3.05, 3.63) is 64.7 Å². The second-order valence-corrected chi connectivity index (χ2v) is 8.90. The molecule has 0 spiro atoms. The van der Waals surface area contributed by atoms with Gasteiger partial charge in [0.25, 0.3) is 5.91 Å². The predicted molar refractivity (Wildman–Crippen MR) is 108 cm³/mol. The number of sulfonamides is 1. The summed E-state index contributed by atoms with van der Waals surface area (Å²) in [7, 11) is -3.64. The number of carbonyl (C=O) groups is 1. The Balaban J connectivity index is 1.62. The Morgan fingerprint density at radius 2 is 1.93 bits per heavy atom. The van der Waals surface area contributed by atoms with Crippen molar-refractivity contribution in [1.29, 1.82) is 0 Å². The molecular formula is C20H23ClN2O4S. The zero-order valence-electron chi connectivity index (χ0n) is 15.5. The summed E-state index contributed by atoms with van der Waals surface area (Å²) in [5.41, 5.74) is 1.19. The van der Waals surface area contributed by atoms with Crippen molar-refractivity contribution in [3.8, 4) is 0 Å². The zero-order valence-corrected chi connectivity index (χ0v) is 17.1. The summed E-state index contributed by atoms with van der Waals surface area (Å²) < 4.78 is 32.8. The second-order valence-electron chi connectivity index (χ2n) is 6.73. The number of carbonyl (C=O) groups excluding carboxylic acids is 1. The quantitative estimate of drug-likeness (QED) is 0.717. The number of hydrogen-bond acceptors (Lipinski definition) is 4. The molecule has 2 atom stereocenters. The van der Waals surface area contributed by atoms with E-state index in [0.717, 1.165) is 18.4 Å². The first-order valence-corrected chi connectivity index (χ1v) is 11.0. The standard InChI is InChI=1S/C20H23ClN2O4S/c1-14(18-6-2-3-7-19(18)21)23-20(24)15-8-10-17(11-9-15)28(25,26)22-13-16-5-4-12-27-16/h2-3,6-11,14,16,22H,4-5,12-13H2,1H3,(H,23,24)/t14-,16+/m1/s1. The minimum atomic E-state index is -3.64. The smallest absolute Gasteiger partial charge is 0.251 e. The number of nitrogens with one attached hydrogen (secondary N) is 2. The average molecular weight is 423 g/mol. The van der Waals surface area contributed by atoms with Crippen LogP contribution in [0.5, 0.6) is 0 Å². The van der Waals surface area contributed by atoms with Crippen LogP contribution in [0.4, 0.5) is 0 Å². The molecule has 0 aromatic heterocycles. The monoisotopic (exact) mass is 422 g/mol. The molecule has 1 aliphatic rings. The van der Waals surface area contributed by atoms with Gasteiger partial charge in [-0.1, -0.05) is 29.8 Å². The number of ether oxygens (including phenoxy) is 1. The molecule has 3 rings (SSSR count).